The SMILES string of the molecule is CSC(=O)NC1CCOCC1. The Labute approximate surface area is 70.9 Å². The van der Waals surface area contributed by atoms with Gasteiger partial charge in [-0.3, -0.25) is 4.79 Å². The first-order chi connectivity index (χ1) is 5.33. The molecule has 1 rings (SSSR count). The number of carbonyl (C=O) groups is 1. The van der Waals surface area contributed by atoms with Crippen LogP contribution in [0.4, 0.5) is 4.79 Å². The molecule has 0 aliphatic carbocycles. The Morgan fingerprint density at radius 2 is 2.18 bits per heavy atom. The second-order valence-electron chi connectivity index (χ2n) is 2.52. The average Bonchev–Trinajstić information content (AvgIpc) is 2.06. The Bertz CT molecular complexity index is 134. The summed E-state index contributed by atoms with van der Waals surface area (Å²) >= 11 is 1.23. The fraction of sp³-hybridized carbons (Fsp3) is 0.857. The Morgan fingerprint density at radius 1 is 1.55 bits per heavy atom. The lowest BCUT2D eigenvalue weighted by Gasteiger charge is -2.22. The number of hydrogen-bond acceptors (Lipinski definition) is 3. The zero-order chi connectivity index (χ0) is 8.10. The highest BCUT2D eigenvalue weighted by Crippen LogP contribution is 2.07. The number of carbonyl (C=O) groups excluding carboxylic acids is 1. The molecule has 0 unspecified atom stereocenters. The summed E-state index contributed by atoms with van der Waals surface area (Å²) in [5.74, 6) is 0. The van der Waals surface area contributed by atoms with Gasteiger partial charge in [-0.05, 0) is 19.1 Å². The molecule has 0 aromatic carbocycles. The summed E-state index contributed by atoms with van der Waals surface area (Å²) in [7, 11) is 0. The van der Waals surface area contributed by atoms with Gasteiger partial charge in [-0.2, -0.15) is 0 Å². The highest BCUT2D eigenvalue weighted by Gasteiger charge is 2.14. The first-order valence-electron chi connectivity index (χ1n) is 3.75. The zero-order valence-corrected chi connectivity index (χ0v) is 7.45. The van der Waals surface area contributed by atoms with Crippen molar-refractivity contribution in [1.82, 2.24) is 5.32 Å². The van der Waals surface area contributed by atoms with Gasteiger partial charge in [-0.25, -0.2) is 0 Å². The molecule has 0 spiro atoms. The van der Waals surface area contributed by atoms with Gasteiger partial charge in [0.1, 0.15) is 0 Å². The van der Waals surface area contributed by atoms with Crippen LogP contribution in [0.3, 0.4) is 0 Å². The van der Waals surface area contributed by atoms with E-state index in [1.54, 1.807) is 6.26 Å². The molecular weight excluding hydrogens is 162 g/mol. The minimum atomic E-state index is 0.0666. The minimum absolute atomic E-state index is 0.0666. The van der Waals surface area contributed by atoms with E-state index in [4.69, 9.17) is 4.74 Å². The first-order valence-corrected chi connectivity index (χ1v) is 4.97. The molecule has 4 heteroatoms. The summed E-state index contributed by atoms with van der Waals surface area (Å²) in [5.41, 5.74) is 0. The van der Waals surface area contributed by atoms with E-state index in [0.717, 1.165) is 26.1 Å². The van der Waals surface area contributed by atoms with Crippen molar-refractivity contribution in [3.05, 3.63) is 0 Å². The van der Waals surface area contributed by atoms with Crippen LogP contribution in [-0.4, -0.2) is 30.8 Å². The van der Waals surface area contributed by atoms with Crippen LogP contribution in [0.25, 0.3) is 0 Å². The van der Waals surface area contributed by atoms with Crippen molar-refractivity contribution in [3.63, 3.8) is 0 Å². The van der Waals surface area contributed by atoms with Crippen LogP contribution < -0.4 is 5.32 Å². The summed E-state index contributed by atoms with van der Waals surface area (Å²) < 4.78 is 5.16. The van der Waals surface area contributed by atoms with Crippen molar-refractivity contribution in [2.24, 2.45) is 0 Å². The molecule has 1 fully saturated rings. The molecule has 1 N–H and O–H groups in total. The van der Waals surface area contributed by atoms with Gasteiger partial charge in [0, 0.05) is 19.3 Å². The zero-order valence-electron chi connectivity index (χ0n) is 6.63. The number of rotatable bonds is 1. The maximum absolute atomic E-state index is 10.9. The lowest BCUT2D eigenvalue weighted by Crippen LogP contribution is -2.36. The van der Waals surface area contributed by atoms with Crippen LogP contribution in [-0.2, 0) is 4.74 Å². The van der Waals surface area contributed by atoms with E-state index >= 15 is 0 Å². The summed E-state index contributed by atoms with van der Waals surface area (Å²) in [5, 5.41) is 2.98. The van der Waals surface area contributed by atoms with Crippen molar-refractivity contribution in [2.45, 2.75) is 18.9 Å². The van der Waals surface area contributed by atoms with Gasteiger partial charge in [0.2, 0.25) is 0 Å². The predicted octanol–water partition coefficient (Wildman–Crippen LogP) is 1.24. The molecule has 0 aromatic heterocycles. The highest BCUT2D eigenvalue weighted by molar-refractivity contribution is 8.12. The van der Waals surface area contributed by atoms with Gasteiger partial charge in [-0.1, -0.05) is 11.8 Å². The largest absolute Gasteiger partial charge is 0.381 e. The molecule has 1 aliphatic heterocycles. The number of ether oxygens (including phenoxy) is 1. The fourth-order valence-electron chi connectivity index (χ4n) is 1.07. The van der Waals surface area contributed by atoms with Crippen LogP contribution in [0.1, 0.15) is 12.8 Å². The van der Waals surface area contributed by atoms with Gasteiger partial charge in [0.25, 0.3) is 5.24 Å². The van der Waals surface area contributed by atoms with Crippen molar-refractivity contribution in [2.75, 3.05) is 19.5 Å². The molecule has 0 saturated carbocycles. The lowest BCUT2D eigenvalue weighted by molar-refractivity contribution is 0.0811. The third-order valence-electron chi connectivity index (χ3n) is 1.73. The molecule has 1 heterocycles. The van der Waals surface area contributed by atoms with Gasteiger partial charge in [-0.15, -0.1) is 0 Å². The second-order valence-corrected chi connectivity index (χ2v) is 3.30. The number of nitrogens with one attached hydrogen (secondary N) is 1. The summed E-state index contributed by atoms with van der Waals surface area (Å²) in [4.78, 5) is 10.9. The summed E-state index contributed by atoms with van der Waals surface area (Å²) in [6, 6.07) is 0.337. The van der Waals surface area contributed by atoms with E-state index < -0.39 is 0 Å². The van der Waals surface area contributed by atoms with Crippen molar-refractivity contribution in [1.29, 1.82) is 0 Å². The Morgan fingerprint density at radius 3 is 2.73 bits per heavy atom. The third-order valence-corrected chi connectivity index (χ3v) is 2.22. The van der Waals surface area contributed by atoms with Gasteiger partial charge < -0.3 is 10.1 Å². The summed E-state index contributed by atoms with van der Waals surface area (Å²) in [6.45, 7) is 1.55. The van der Waals surface area contributed by atoms with Crippen molar-refractivity contribution in [3.8, 4) is 0 Å². The smallest absolute Gasteiger partial charge is 0.278 e. The molecule has 0 radical (unpaired) electrons. The number of thioether (sulfide) groups is 1. The lowest BCUT2D eigenvalue weighted by atomic mass is 10.1. The topological polar surface area (TPSA) is 38.3 Å². The van der Waals surface area contributed by atoms with E-state index in [0.29, 0.717) is 6.04 Å². The molecule has 1 saturated heterocycles. The molecule has 64 valence electrons. The van der Waals surface area contributed by atoms with Crippen LogP contribution in [0.5, 0.6) is 0 Å². The Kier molecular flexibility index (Phi) is 3.72. The van der Waals surface area contributed by atoms with Gasteiger partial charge in [0.05, 0.1) is 0 Å². The van der Waals surface area contributed by atoms with E-state index in [2.05, 4.69) is 5.32 Å². The normalized spacial score (nSPS) is 19.7. The number of hydrogen-bond donors (Lipinski definition) is 1. The van der Waals surface area contributed by atoms with E-state index in [9.17, 15) is 4.79 Å². The fourth-order valence-corrected chi connectivity index (χ4v) is 1.35. The second kappa shape index (κ2) is 4.62. The molecule has 1 aliphatic rings. The van der Waals surface area contributed by atoms with Crippen molar-refractivity contribution < 1.29 is 9.53 Å². The maximum atomic E-state index is 10.9. The van der Waals surface area contributed by atoms with Crippen molar-refractivity contribution >= 4 is 17.0 Å². The molecule has 0 aromatic rings. The minimum Gasteiger partial charge on any atom is -0.381 e. The van der Waals surface area contributed by atoms with Gasteiger partial charge >= 0.3 is 0 Å². The van der Waals surface area contributed by atoms with E-state index in [1.165, 1.54) is 11.8 Å². The maximum Gasteiger partial charge on any atom is 0.278 e. The van der Waals surface area contributed by atoms with E-state index in [-0.39, 0.29) is 5.24 Å². The van der Waals surface area contributed by atoms with Crippen LogP contribution in [0.15, 0.2) is 0 Å². The highest BCUT2D eigenvalue weighted by atomic mass is 32.2. The molecular formula is C7H13NO2S. The quantitative estimate of drug-likeness (QED) is 0.651. The van der Waals surface area contributed by atoms with Crippen LogP contribution >= 0.6 is 11.8 Å². The molecule has 11 heavy (non-hydrogen) atoms. The Hall–Kier alpha value is -0.220. The standard InChI is InChI=1S/C7H13NO2S/c1-11-7(9)8-6-2-4-10-5-3-6/h6H,2-5H2,1H3,(H,8,9). The molecule has 0 atom stereocenters. The third kappa shape index (κ3) is 3.12. The monoisotopic (exact) mass is 175 g/mol. The first kappa shape index (κ1) is 8.87. The molecule has 3 nitrogen and oxygen atoms in total. The van der Waals surface area contributed by atoms with Gasteiger partial charge in [0.15, 0.2) is 0 Å². The van der Waals surface area contributed by atoms with Crippen LogP contribution in [0.2, 0.25) is 0 Å². The predicted molar refractivity (Wildman–Crippen MR) is 45.9 cm³/mol. The summed E-state index contributed by atoms with van der Waals surface area (Å²) in [6.07, 6.45) is 3.69. The molecule has 1 amide bonds. The Balaban J connectivity index is 2.19. The van der Waals surface area contributed by atoms with E-state index in [1.807, 2.05) is 0 Å². The number of amides is 1. The van der Waals surface area contributed by atoms with Crippen LogP contribution in [0, 0.1) is 0 Å². The average molecular weight is 175 g/mol. The molecule has 0 bridgehead atoms.